The highest BCUT2D eigenvalue weighted by atomic mass is 32.1. The fourth-order valence-electron chi connectivity index (χ4n) is 2.92. The number of hydrogen-bond donors (Lipinski definition) is 1. The summed E-state index contributed by atoms with van der Waals surface area (Å²) in [6.07, 6.45) is 2.72. The minimum Gasteiger partial charge on any atom is -0.396 e. The topological polar surface area (TPSA) is 53.4 Å². The van der Waals surface area contributed by atoms with E-state index in [1.165, 1.54) is 23.5 Å². The first kappa shape index (κ1) is 17.0. The van der Waals surface area contributed by atoms with E-state index in [0.29, 0.717) is 18.8 Å². The monoisotopic (exact) mass is 348 g/mol. The predicted octanol–water partition coefficient (Wildman–Crippen LogP) is 2.65. The van der Waals surface area contributed by atoms with Gasteiger partial charge in [0, 0.05) is 31.5 Å². The molecule has 2 heterocycles. The van der Waals surface area contributed by atoms with Crippen LogP contribution in [0.1, 0.15) is 29.1 Å². The van der Waals surface area contributed by atoms with Gasteiger partial charge in [-0.05, 0) is 36.5 Å². The molecule has 4 nitrogen and oxygen atoms in total. The maximum Gasteiger partial charge on any atom is 0.228 e. The Bertz CT molecular complexity index is 679. The van der Waals surface area contributed by atoms with Gasteiger partial charge in [-0.1, -0.05) is 12.1 Å². The van der Waals surface area contributed by atoms with Crippen molar-refractivity contribution in [3.63, 3.8) is 0 Å². The van der Waals surface area contributed by atoms with Crippen LogP contribution in [0, 0.1) is 11.7 Å². The Kier molecular flexibility index (Phi) is 5.58. The molecule has 2 aromatic rings. The second kappa shape index (κ2) is 7.85. The summed E-state index contributed by atoms with van der Waals surface area (Å²) in [5.74, 6) is 0.190. The maximum absolute atomic E-state index is 12.9. The Labute approximate surface area is 145 Å². The van der Waals surface area contributed by atoms with E-state index >= 15 is 0 Å². The number of rotatable bonds is 5. The second-order valence-electron chi connectivity index (χ2n) is 6.22. The lowest BCUT2D eigenvalue weighted by atomic mass is 9.97. The molecule has 1 aromatic heterocycles. The molecule has 0 unspecified atom stereocenters. The normalized spacial score (nSPS) is 15.7. The van der Waals surface area contributed by atoms with Crippen molar-refractivity contribution in [1.82, 2.24) is 9.88 Å². The molecule has 1 saturated heterocycles. The van der Waals surface area contributed by atoms with Crippen LogP contribution >= 0.6 is 11.3 Å². The molecule has 6 heteroatoms. The summed E-state index contributed by atoms with van der Waals surface area (Å²) in [6, 6.07) is 6.41. The molecule has 0 atom stereocenters. The van der Waals surface area contributed by atoms with Crippen molar-refractivity contribution < 1.29 is 14.3 Å². The third kappa shape index (κ3) is 4.39. The molecular weight excluding hydrogens is 327 g/mol. The number of hydrogen-bond acceptors (Lipinski definition) is 4. The average molecular weight is 348 g/mol. The smallest absolute Gasteiger partial charge is 0.228 e. The molecule has 128 valence electrons. The van der Waals surface area contributed by atoms with Gasteiger partial charge >= 0.3 is 0 Å². The van der Waals surface area contributed by atoms with E-state index in [9.17, 15) is 9.18 Å². The van der Waals surface area contributed by atoms with E-state index in [-0.39, 0.29) is 18.3 Å². The lowest BCUT2D eigenvalue weighted by molar-refractivity contribution is -0.132. The largest absolute Gasteiger partial charge is 0.396 e. The number of amides is 1. The fourth-order valence-corrected chi connectivity index (χ4v) is 3.75. The number of aliphatic hydroxyl groups is 1. The first-order valence-electron chi connectivity index (χ1n) is 8.20. The van der Waals surface area contributed by atoms with E-state index in [1.807, 2.05) is 10.3 Å². The molecule has 24 heavy (non-hydrogen) atoms. The van der Waals surface area contributed by atoms with Gasteiger partial charge in [-0.3, -0.25) is 4.79 Å². The standard InChI is InChI=1S/C18H21FN2O2S/c19-15-3-1-13(2-4-15)9-17-20-16(12-24-17)10-18(23)21-7-5-14(11-22)6-8-21/h1-4,12,14,22H,5-11H2. The van der Waals surface area contributed by atoms with Crippen molar-refractivity contribution in [2.24, 2.45) is 5.92 Å². The van der Waals surface area contributed by atoms with Gasteiger partial charge in [-0.15, -0.1) is 11.3 Å². The van der Waals surface area contributed by atoms with Crippen LogP contribution in [0.2, 0.25) is 0 Å². The van der Waals surface area contributed by atoms with Crippen molar-refractivity contribution in [1.29, 1.82) is 0 Å². The van der Waals surface area contributed by atoms with Crippen molar-refractivity contribution >= 4 is 17.2 Å². The van der Waals surface area contributed by atoms with Gasteiger partial charge in [0.25, 0.3) is 0 Å². The van der Waals surface area contributed by atoms with Gasteiger partial charge in [0.2, 0.25) is 5.91 Å². The zero-order chi connectivity index (χ0) is 16.9. The highest BCUT2D eigenvalue weighted by Gasteiger charge is 2.22. The van der Waals surface area contributed by atoms with E-state index in [0.717, 1.165) is 42.2 Å². The Morgan fingerprint density at radius 3 is 2.67 bits per heavy atom. The number of likely N-dealkylation sites (tertiary alicyclic amines) is 1. The van der Waals surface area contributed by atoms with Gasteiger partial charge in [-0.2, -0.15) is 0 Å². The number of carbonyl (C=O) groups is 1. The summed E-state index contributed by atoms with van der Waals surface area (Å²) < 4.78 is 12.9. The number of nitrogens with zero attached hydrogens (tertiary/aromatic N) is 2. The first-order valence-corrected chi connectivity index (χ1v) is 9.08. The molecule has 1 aliphatic rings. The minimum absolute atomic E-state index is 0.102. The zero-order valence-electron chi connectivity index (χ0n) is 13.4. The third-order valence-corrected chi connectivity index (χ3v) is 5.32. The van der Waals surface area contributed by atoms with Gasteiger partial charge in [0.15, 0.2) is 0 Å². The van der Waals surface area contributed by atoms with Crippen LogP contribution < -0.4 is 0 Å². The van der Waals surface area contributed by atoms with E-state index in [2.05, 4.69) is 4.98 Å². The molecule has 0 spiro atoms. The second-order valence-corrected chi connectivity index (χ2v) is 7.16. The van der Waals surface area contributed by atoms with Gasteiger partial charge in [0.05, 0.1) is 17.1 Å². The molecular formula is C18H21FN2O2S. The highest BCUT2D eigenvalue weighted by Crippen LogP contribution is 2.19. The van der Waals surface area contributed by atoms with Crippen LogP contribution in [-0.4, -0.2) is 40.6 Å². The molecule has 0 bridgehead atoms. The van der Waals surface area contributed by atoms with Gasteiger partial charge in [-0.25, -0.2) is 9.37 Å². The van der Waals surface area contributed by atoms with Crippen LogP contribution in [0.3, 0.4) is 0 Å². The number of thiazole rings is 1. The molecule has 1 fully saturated rings. The maximum atomic E-state index is 12.9. The third-order valence-electron chi connectivity index (χ3n) is 4.43. The van der Waals surface area contributed by atoms with Crippen LogP contribution in [0.25, 0.3) is 0 Å². The van der Waals surface area contributed by atoms with Crippen LogP contribution in [-0.2, 0) is 17.6 Å². The van der Waals surface area contributed by atoms with Crippen LogP contribution in [0.15, 0.2) is 29.6 Å². The number of benzene rings is 1. The summed E-state index contributed by atoms with van der Waals surface area (Å²) in [5.41, 5.74) is 1.81. The Morgan fingerprint density at radius 2 is 2.00 bits per heavy atom. The number of aromatic nitrogens is 1. The Morgan fingerprint density at radius 1 is 1.29 bits per heavy atom. The minimum atomic E-state index is -0.242. The number of carbonyl (C=O) groups excluding carboxylic acids is 1. The molecule has 1 aromatic carbocycles. The molecule has 0 radical (unpaired) electrons. The van der Waals surface area contributed by atoms with E-state index < -0.39 is 0 Å². The lowest BCUT2D eigenvalue weighted by Gasteiger charge is -2.31. The lowest BCUT2D eigenvalue weighted by Crippen LogP contribution is -2.40. The fraction of sp³-hybridized carbons (Fsp3) is 0.444. The number of halogens is 1. The molecule has 0 saturated carbocycles. The quantitative estimate of drug-likeness (QED) is 0.904. The SMILES string of the molecule is O=C(Cc1csc(Cc2ccc(F)cc2)n1)N1CCC(CO)CC1. The Balaban J connectivity index is 1.54. The van der Waals surface area contributed by atoms with E-state index in [4.69, 9.17) is 5.11 Å². The molecule has 1 amide bonds. The first-order chi connectivity index (χ1) is 11.6. The summed E-state index contributed by atoms with van der Waals surface area (Å²) in [5, 5.41) is 12.0. The summed E-state index contributed by atoms with van der Waals surface area (Å²) in [6.45, 7) is 1.65. The average Bonchev–Trinajstić information content (AvgIpc) is 3.04. The molecule has 0 aliphatic carbocycles. The van der Waals surface area contributed by atoms with Crippen LogP contribution in [0.5, 0.6) is 0 Å². The summed E-state index contributed by atoms with van der Waals surface area (Å²) in [4.78, 5) is 18.8. The predicted molar refractivity (Wildman–Crippen MR) is 91.4 cm³/mol. The molecule has 3 rings (SSSR count). The van der Waals surface area contributed by atoms with Crippen LogP contribution in [0.4, 0.5) is 4.39 Å². The highest BCUT2D eigenvalue weighted by molar-refractivity contribution is 7.09. The van der Waals surface area contributed by atoms with Gasteiger partial charge in [0.1, 0.15) is 5.82 Å². The zero-order valence-corrected chi connectivity index (χ0v) is 14.3. The molecule has 1 aliphatic heterocycles. The number of aliphatic hydroxyl groups excluding tert-OH is 1. The van der Waals surface area contributed by atoms with Crippen molar-refractivity contribution in [2.45, 2.75) is 25.7 Å². The number of piperidine rings is 1. The van der Waals surface area contributed by atoms with Crippen molar-refractivity contribution in [3.8, 4) is 0 Å². The van der Waals surface area contributed by atoms with E-state index in [1.54, 1.807) is 12.1 Å². The van der Waals surface area contributed by atoms with Crippen molar-refractivity contribution in [3.05, 3.63) is 51.7 Å². The summed E-state index contributed by atoms with van der Waals surface area (Å²) >= 11 is 1.53. The Hall–Kier alpha value is -1.79. The van der Waals surface area contributed by atoms with Crippen molar-refractivity contribution in [2.75, 3.05) is 19.7 Å². The summed E-state index contributed by atoms with van der Waals surface area (Å²) in [7, 11) is 0. The van der Waals surface area contributed by atoms with Gasteiger partial charge < -0.3 is 10.0 Å². The molecule has 1 N–H and O–H groups in total.